The van der Waals surface area contributed by atoms with Crippen molar-refractivity contribution in [3.8, 4) is 0 Å². The maximum atomic E-state index is 2.82. The van der Waals surface area contributed by atoms with Gasteiger partial charge in [0.2, 0.25) is 6.71 Å². The Morgan fingerprint density at radius 3 is 2.10 bits per heavy atom. The van der Waals surface area contributed by atoms with Crippen LogP contribution < -0.4 is 26.2 Å². The van der Waals surface area contributed by atoms with Crippen LogP contribution in [0, 0.1) is 0 Å². The van der Waals surface area contributed by atoms with Crippen LogP contribution in [-0.4, -0.2) is 12.3 Å². The van der Waals surface area contributed by atoms with Crippen LogP contribution in [0.4, 0.5) is 28.4 Å². The molecule has 1 fully saturated rings. The number of hydrogen-bond acceptors (Lipinski definition) is 3. The molecule has 0 N–H and O–H groups in total. The second kappa shape index (κ2) is 8.81. The van der Waals surface area contributed by atoms with Gasteiger partial charge in [-0.05, 0) is 78.7 Å². The Balaban J connectivity index is 1.37. The summed E-state index contributed by atoms with van der Waals surface area (Å²) in [5.74, 6) is 0. The number of hydrogen-bond donors (Lipinski definition) is 0. The fraction of sp³-hybridized carbons (Fsp3) is 0.211. The van der Waals surface area contributed by atoms with Crippen molar-refractivity contribution in [2.45, 2.75) is 60.3 Å². The Labute approximate surface area is 253 Å². The minimum absolute atomic E-state index is 0.0347. The molecule has 5 aromatic carbocycles. The first-order valence-electron chi connectivity index (χ1n) is 15.4. The molecule has 1 saturated carbocycles. The molecule has 4 heteroatoms. The lowest BCUT2D eigenvalue weighted by atomic mass is 9.35. The molecule has 0 bridgehead atoms. The van der Waals surface area contributed by atoms with Gasteiger partial charge in [0.25, 0.3) is 0 Å². The van der Waals surface area contributed by atoms with Crippen LogP contribution in [0.5, 0.6) is 0 Å². The number of nitrogens with zero attached hydrogens (tertiary/aromatic N) is 2. The molecule has 1 unspecified atom stereocenters. The van der Waals surface area contributed by atoms with Crippen molar-refractivity contribution in [3.63, 3.8) is 0 Å². The van der Waals surface area contributed by atoms with E-state index in [2.05, 4.69) is 139 Å². The first-order chi connectivity index (χ1) is 20.6. The summed E-state index contributed by atoms with van der Waals surface area (Å²) in [7, 11) is 0. The van der Waals surface area contributed by atoms with E-state index in [1.54, 1.807) is 5.56 Å². The fourth-order valence-electron chi connectivity index (χ4n) is 8.70. The molecule has 9 rings (SSSR count). The molecule has 204 valence electrons. The van der Waals surface area contributed by atoms with Crippen LogP contribution in [-0.2, 0) is 5.41 Å². The van der Waals surface area contributed by atoms with Crippen LogP contribution >= 0.6 is 11.8 Å². The lowest BCUT2D eigenvalue weighted by Gasteiger charge is -2.52. The second-order valence-corrected chi connectivity index (χ2v) is 13.9. The largest absolute Gasteiger partial charge is 0.335 e. The highest BCUT2D eigenvalue weighted by Gasteiger charge is 2.60. The molecule has 4 aliphatic rings. The van der Waals surface area contributed by atoms with Crippen molar-refractivity contribution in [2.75, 3.05) is 9.80 Å². The summed E-state index contributed by atoms with van der Waals surface area (Å²) in [6.07, 6.45) is 5.05. The molecule has 2 atom stereocenters. The van der Waals surface area contributed by atoms with Crippen LogP contribution in [0.3, 0.4) is 0 Å². The maximum absolute atomic E-state index is 2.82. The number of fused-ring (bicyclic) bond motifs is 7. The topological polar surface area (TPSA) is 6.48 Å². The average molecular weight is 561 g/mol. The fourth-order valence-corrected chi connectivity index (χ4v) is 9.89. The molecule has 5 aromatic rings. The van der Waals surface area contributed by atoms with E-state index in [1.807, 2.05) is 11.8 Å². The van der Waals surface area contributed by atoms with Crippen molar-refractivity contribution in [2.24, 2.45) is 0 Å². The molecule has 3 heterocycles. The zero-order valence-electron chi connectivity index (χ0n) is 24.2. The third-order valence-corrected chi connectivity index (χ3v) is 12.0. The highest BCUT2D eigenvalue weighted by molar-refractivity contribution is 8.00. The maximum Gasteiger partial charge on any atom is 0.249 e. The van der Waals surface area contributed by atoms with Crippen molar-refractivity contribution in [1.29, 1.82) is 0 Å². The van der Waals surface area contributed by atoms with E-state index >= 15 is 0 Å². The van der Waals surface area contributed by atoms with Gasteiger partial charge in [-0.2, -0.15) is 0 Å². The lowest BCUT2D eigenvalue weighted by Crippen LogP contribution is -2.63. The smallest absolute Gasteiger partial charge is 0.249 e. The molecule has 0 radical (unpaired) electrons. The van der Waals surface area contributed by atoms with E-state index in [0.717, 1.165) is 0 Å². The van der Waals surface area contributed by atoms with Gasteiger partial charge in [-0.3, -0.25) is 0 Å². The predicted octanol–water partition coefficient (Wildman–Crippen LogP) is 8.19. The zero-order chi connectivity index (χ0) is 28.1. The Morgan fingerprint density at radius 2 is 1.33 bits per heavy atom. The normalized spacial score (nSPS) is 22.6. The third kappa shape index (κ3) is 3.14. The summed E-state index contributed by atoms with van der Waals surface area (Å²) in [6, 6.07) is 43.0. The van der Waals surface area contributed by atoms with E-state index in [9.17, 15) is 0 Å². The van der Waals surface area contributed by atoms with Gasteiger partial charge in [0.15, 0.2) is 0 Å². The number of rotatable bonds is 3. The SMILES string of the molecule is CC12CCCC[C@]1(C)c1cccc3c1N2c1cc(N(c2ccccc2)c2ccccc2)cc2c1B3c1ccccc1S2. The molecule has 2 nitrogen and oxygen atoms in total. The van der Waals surface area contributed by atoms with Gasteiger partial charge in [0, 0.05) is 43.6 Å². The lowest BCUT2D eigenvalue weighted by molar-refractivity contribution is 0.195. The van der Waals surface area contributed by atoms with Gasteiger partial charge in [-0.25, -0.2) is 0 Å². The molecule has 42 heavy (non-hydrogen) atoms. The third-order valence-electron chi connectivity index (χ3n) is 10.8. The zero-order valence-corrected chi connectivity index (χ0v) is 25.0. The van der Waals surface area contributed by atoms with Crippen LogP contribution in [0.15, 0.2) is 125 Å². The van der Waals surface area contributed by atoms with Crippen molar-refractivity contribution >= 4 is 63.3 Å². The van der Waals surface area contributed by atoms with E-state index in [-0.39, 0.29) is 17.7 Å². The molecular formula is C38H33BN2S. The second-order valence-electron chi connectivity index (χ2n) is 12.8. The number of para-hydroxylation sites is 3. The standard InChI is InChI=1S/C38H33BN2S/c1-37-22-11-12-23-38(37,2)41-32-24-28(40(26-14-5-3-6-15-26)27-16-7-4-8-17-27)25-34-35(32)39(30-19-9-10-21-33(30)42-34)31-20-13-18-29(37)36(31)41/h3-10,13-21,24-25H,11-12,22-23H2,1-2H3/t37-,38?/m1/s1. The van der Waals surface area contributed by atoms with E-state index in [0.29, 0.717) is 0 Å². The highest BCUT2D eigenvalue weighted by atomic mass is 32.2. The van der Waals surface area contributed by atoms with Gasteiger partial charge >= 0.3 is 0 Å². The van der Waals surface area contributed by atoms with E-state index in [1.165, 1.54) is 80.3 Å². The Morgan fingerprint density at radius 1 is 0.667 bits per heavy atom. The summed E-state index contributed by atoms with van der Waals surface area (Å²) in [4.78, 5) is 8.01. The van der Waals surface area contributed by atoms with Gasteiger partial charge in [-0.1, -0.05) is 110 Å². The van der Waals surface area contributed by atoms with Gasteiger partial charge in [-0.15, -0.1) is 0 Å². The summed E-state index contributed by atoms with van der Waals surface area (Å²) in [5.41, 5.74) is 12.6. The summed E-state index contributed by atoms with van der Waals surface area (Å²) < 4.78 is 0. The molecule has 0 aromatic heterocycles. The van der Waals surface area contributed by atoms with Crippen LogP contribution in [0.25, 0.3) is 0 Å². The van der Waals surface area contributed by atoms with E-state index < -0.39 is 0 Å². The minimum atomic E-state index is 0.0347. The number of anilines is 5. The summed E-state index contributed by atoms with van der Waals surface area (Å²) in [5, 5.41) is 0. The van der Waals surface area contributed by atoms with E-state index in [4.69, 9.17) is 0 Å². The molecule has 1 aliphatic carbocycles. The van der Waals surface area contributed by atoms with Gasteiger partial charge in [0.1, 0.15) is 0 Å². The van der Waals surface area contributed by atoms with Crippen molar-refractivity contribution in [3.05, 3.63) is 121 Å². The quantitative estimate of drug-likeness (QED) is 0.202. The van der Waals surface area contributed by atoms with Gasteiger partial charge in [0.05, 0.1) is 5.54 Å². The number of benzene rings is 5. The molecular weight excluding hydrogens is 527 g/mol. The Hall–Kier alpha value is -3.89. The first-order valence-corrected chi connectivity index (χ1v) is 16.2. The minimum Gasteiger partial charge on any atom is -0.335 e. The molecule has 0 amide bonds. The predicted molar refractivity (Wildman–Crippen MR) is 179 cm³/mol. The summed E-state index contributed by atoms with van der Waals surface area (Å²) >= 11 is 1.95. The van der Waals surface area contributed by atoms with Crippen molar-refractivity contribution < 1.29 is 0 Å². The first kappa shape index (κ1) is 24.7. The van der Waals surface area contributed by atoms with Crippen LogP contribution in [0.1, 0.15) is 45.1 Å². The molecule has 0 saturated heterocycles. The average Bonchev–Trinajstić information content (AvgIpc) is 3.24. The monoisotopic (exact) mass is 560 g/mol. The molecule has 3 aliphatic heterocycles. The summed E-state index contributed by atoms with van der Waals surface area (Å²) in [6.45, 7) is 5.37. The highest BCUT2D eigenvalue weighted by Crippen LogP contribution is 2.61. The Bertz CT molecular complexity index is 1830. The van der Waals surface area contributed by atoms with Crippen LogP contribution in [0.2, 0.25) is 0 Å². The van der Waals surface area contributed by atoms with Crippen molar-refractivity contribution in [1.82, 2.24) is 0 Å². The Kier molecular flexibility index (Phi) is 5.18. The van der Waals surface area contributed by atoms with Gasteiger partial charge < -0.3 is 9.80 Å². The molecule has 0 spiro atoms.